The molecule has 1 aliphatic rings. The highest BCUT2D eigenvalue weighted by atomic mass is 35.5. The molecule has 0 spiro atoms. The number of amides is 2. The number of fused-ring (bicyclic) bond motifs is 1. The van der Waals surface area contributed by atoms with Crippen molar-refractivity contribution in [3.8, 4) is 17.2 Å². The van der Waals surface area contributed by atoms with Gasteiger partial charge in [0.1, 0.15) is 5.75 Å². The Morgan fingerprint density at radius 3 is 2.19 bits per heavy atom. The molecule has 0 aliphatic carbocycles. The number of methoxy groups -OCH3 is 3. The zero-order valence-electron chi connectivity index (χ0n) is 21.5. The molecule has 0 unspecified atom stereocenters. The van der Waals surface area contributed by atoms with Crippen LogP contribution in [-0.2, 0) is 4.79 Å². The number of ether oxygens (including phenoxy) is 3. The number of aryl methyl sites for hydroxylation is 1. The Kier molecular flexibility index (Phi) is 7.90. The molecule has 194 valence electrons. The van der Waals surface area contributed by atoms with Gasteiger partial charge < -0.3 is 24.4 Å². The molecular weight excluding hydrogens is 512 g/mol. The summed E-state index contributed by atoms with van der Waals surface area (Å²) in [5.41, 5.74) is 3.07. The van der Waals surface area contributed by atoms with Gasteiger partial charge in [-0.05, 0) is 60.2 Å². The van der Waals surface area contributed by atoms with Gasteiger partial charge in [0.15, 0.2) is 11.5 Å². The fourth-order valence-corrected chi connectivity index (χ4v) is 5.25. The summed E-state index contributed by atoms with van der Waals surface area (Å²) in [4.78, 5) is 30.3. The van der Waals surface area contributed by atoms with Gasteiger partial charge in [-0.2, -0.15) is 0 Å². The third kappa shape index (κ3) is 4.95. The minimum Gasteiger partial charge on any atom is -0.495 e. The predicted molar refractivity (Wildman–Crippen MR) is 147 cm³/mol. The van der Waals surface area contributed by atoms with Gasteiger partial charge in [0, 0.05) is 28.6 Å². The van der Waals surface area contributed by atoms with Gasteiger partial charge >= 0.3 is 0 Å². The molecule has 0 aromatic heterocycles. The molecule has 2 atom stereocenters. The molecule has 1 aliphatic heterocycles. The number of benzene rings is 3. The molecule has 4 rings (SSSR count). The van der Waals surface area contributed by atoms with E-state index in [0.29, 0.717) is 39.1 Å². The maximum Gasteiger partial charge on any atom is 0.254 e. The molecule has 1 heterocycles. The van der Waals surface area contributed by atoms with Gasteiger partial charge in [-0.25, -0.2) is 0 Å². The zero-order chi connectivity index (χ0) is 26.9. The highest BCUT2D eigenvalue weighted by Crippen LogP contribution is 2.46. The van der Waals surface area contributed by atoms with Gasteiger partial charge in [0.05, 0.1) is 39.0 Å². The van der Waals surface area contributed by atoms with Gasteiger partial charge in [0.2, 0.25) is 5.91 Å². The first-order valence-corrected chi connectivity index (χ1v) is 13.2. The van der Waals surface area contributed by atoms with E-state index in [9.17, 15) is 9.59 Å². The Hall–Kier alpha value is -3.36. The summed E-state index contributed by atoms with van der Waals surface area (Å²) >= 11 is 7.90. The lowest BCUT2D eigenvalue weighted by Gasteiger charge is -2.40. The second-order valence-corrected chi connectivity index (χ2v) is 9.98. The van der Waals surface area contributed by atoms with E-state index in [4.69, 9.17) is 25.8 Å². The Morgan fingerprint density at radius 2 is 1.59 bits per heavy atom. The highest BCUT2D eigenvalue weighted by Gasteiger charge is 2.43. The predicted octanol–water partition coefficient (Wildman–Crippen LogP) is 5.95. The Morgan fingerprint density at radius 1 is 0.973 bits per heavy atom. The quantitative estimate of drug-likeness (QED) is 0.373. The SMILES string of the molecule is COc1cc(Cl)c(C)cc1NC(=O)[C@@H]1c2cc(OC)c(OC)cc2C(=O)N(C)[C@H]1c1ccc(SC)cc1. The molecule has 0 bridgehead atoms. The Labute approximate surface area is 226 Å². The number of hydrogen-bond donors (Lipinski definition) is 1. The first kappa shape index (κ1) is 26.7. The Balaban J connectivity index is 1.89. The third-order valence-corrected chi connectivity index (χ3v) is 7.80. The summed E-state index contributed by atoms with van der Waals surface area (Å²) in [6.07, 6.45) is 2.00. The third-order valence-electron chi connectivity index (χ3n) is 6.65. The molecule has 3 aromatic rings. The molecular formula is C28H29ClN2O5S. The summed E-state index contributed by atoms with van der Waals surface area (Å²) in [5, 5.41) is 3.56. The minimum absolute atomic E-state index is 0.209. The number of rotatable bonds is 7. The van der Waals surface area contributed by atoms with Crippen LogP contribution in [0.25, 0.3) is 0 Å². The van der Waals surface area contributed by atoms with Crippen LogP contribution in [0.15, 0.2) is 53.4 Å². The molecule has 0 saturated carbocycles. The lowest BCUT2D eigenvalue weighted by Crippen LogP contribution is -2.44. The van der Waals surface area contributed by atoms with Crippen molar-refractivity contribution in [2.75, 3.05) is 39.9 Å². The maximum atomic E-state index is 14.1. The number of nitrogens with one attached hydrogen (secondary N) is 1. The minimum atomic E-state index is -0.752. The van der Waals surface area contributed by atoms with Crippen molar-refractivity contribution in [1.82, 2.24) is 4.90 Å². The number of hydrogen-bond acceptors (Lipinski definition) is 6. The van der Waals surface area contributed by atoms with Crippen molar-refractivity contribution in [3.63, 3.8) is 0 Å². The molecule has 0 saturated heterocycles. The largest absolute Gasteiger partial charge is 0.495 e. The average molecular weight is 541 g/mol. The van der Waals surface area contributed by atoms with Crippen LogP contribution in [0, 0.1) is 6.92 Å². The van der Waals surface area contributed by atoms with Crippen LogP contribution in [0.2, 0.25) is 5.02 Å². The number of carbonyl (C=O) groups is 2. The summed E-state index contributed by atoms with van der Waals surface area (Å²) in [6, 6.07) is 14.1. The topological polar surface area (TPSA) is 77.1 Å². The molecule has 3 aromatic carbocycles. The van der Waals surface area contributed by atoms with E-state index in [1.165, 1.54) is 21.3 Å². The second kappa shape index (κ2) is 10.9. The van der Waals surface area contributed by atoms with Crippen LogP contribution in [0.3, 0.4) is 0 Å². The zero-order valence-corrected chi connectivity index (χ0v) is 23.1. The normalized spacial score (nSPS) is 16.7. The van der Waals surface area contributed by atoms with Crippen LogP contribution in [0.4, 0.5) is 5.69 Å². The molecule has 7 nitrogen and oxygen atoms in total. The first-order chi connectivity index (χ1) is 17.7. The van der Waals surface area contributed by atoms with Crippen molar-refractivity contribution < 1.29 is 23.8 Å². The number of thioether (sulfide) groups is 1. The van der Waals surface area contributed by atoms with E-state index in [1.54, 1.807) is 48.0 Å². The summed E-state index contributed by atoms with van der Waals surface area (Å²) in [5.74, 6) is 0.0364. The summed E-state index contributed by atoms with van der Waals surface area (Å²) in [6.45, 7) is 1.85. The van der Waals surface area contributed by atoms with Crippen LogP contribution in [0.1, 0.15) is 39.0 Å². The van der Waals surface area contributed by atoms with E-state index in [1.807, 2.05) is 37.4 Å². The van der Waals surface area contributed by atoms with E-state index < -0.39 is 12.0 Å². The summed E-state index contributed by atoms with van der Waals surface area (Å²) in [7, 11) is 6.27. The van der Waals surface area contributed by atoms with E-state index in [2.05, 4.69) is 5.32 Å². The lowest BCUT2D eigenvalue weighted by molar-refractivity contribution is -0.119. The van der Waals surface area contributed by atoms with Gasteiger partial charge in [-0.1, -0.05) is 23.7 Å². The number of nitrogens with zero attached hydrogens (tertiary/aromatic N) is 1. The van der Waals surface area contributed by atoms with Crippen LogP contribution in [-0.4, -0.2) is 51.3 Å². The molecule has 9 heteroatoms. The van der Waals surface area contributed by atoms with Gasteiger partial charge in [-0.15, -0.1) is 11.8 Å². The number of carbonyl (C=O) groups excluding carboxylic acids is 2. The molecule has 1 N–H and O–H groups in total. The molecule has 2 amide bonds. The number of anilines is 1. The van der Waals surface area contributed by atoms with Crippen molar-refractivity contribution in [3.05, 3.63) is 75.8 Å². The number of likely N-dealkylation sites (N-methyl/N-ethyl adjacent to an activating group) is 1. The monoisotopic (exact) mass is 540 g/mol. The standard InChI is InChI=1S/C28H29ClN2O5S/c1-15-11-21(22(34-3)14-20(15)29)30-27(32)25-18-12-23(35-4)24(36-5)13-19(18)28(33)31(2)26(25)16-7-9-17(37-6)10-8-16/h7-14,25-26H,1-6H3,(H,30,32)/t25-,26+/m1/s1. The van der Waals surface area contributed by atoms with Crippen LogP contribution >= 0.6 is 23.4 Å². The lowest BCUT2D eigenvalue weighted by atomic mass is 9.79. The average Bonchev–Trinajstić information content (AvgIpc) is 2.91. The van der Waals surface area contributed by atoms with E-state index >= 15 is 0 Å². The molecule has 0 radical (unpaired) electrons. The smallest absolute Gasteiger partial charge is 0.254 e. The fourth-order valence-electron chi connectivity index (χ4n) is 4.69. The van der Waals surface area contributed by atoms with Crippen molar-refractivity contribution in [2.45, 2.75) is 23.8 Å². The van der Waals surface area contributed by atoms with E-state index in [0.717, 1.165) is 16.0 Å². The molecule has 37 heavy (non-hydrogen) atoms. The fraction of sp³-hybridized carbons (Fsp3) is 0.286. The molecule has 0 fully saturated rings. The second-order valence-electron chi connectivity index (χ2n) is 8.70. The van der Waals surface area contributed by atoms with E-state index in [-0.39, 0.29) is 11.8 Å². The van der Waals surface area contributed by atoms with Crippen molar-refractivity contribution >= 4 is 40.9 Å². The van der Waals surface area contributed by atoms with Crippen LogP contribution < -0.4 is 19.5 Å². The van der Waals surface area contributed by atoms with Crippen molar-refractivity contribution in [2.24, 2.45) is 0 Å². The summed E-state index contributed by atoms with van der Waals surface area (Å²) < 4.78 is 16.4. The van der Waals surface area contributed by atoms with Gasteiger partial charge in [-0.3, -0.25) is 9.59 Å². The highest BCUT2D eigenvalue weighted by molar-refractivity contribution is 7.98. The Bertz CT molecular complexity index is 1350. The van der Waals surface area contributed by atoms with Crippen LogP contribution in [0.5, 0.6) is 17.2 Å². The van der Waals surface area contributed by atoms with Crippen molar-refractivity contribution in [1.29, 1.82) is 0 Å². The number of halogens is 1. The maximum absolute atomic E-state index is 14.1. The van der Waals surface area contributed by atoms with Gasteiger partial charge in [0.25, 0.3) is 5.91 Å². The first-order valence-electron chi connectivity index (χ1n) is 11.6.